The monoisotopic (exact) mass is 1050 g/mol. The maximum Gasteiger partial charge on any atom is 0.0159 e. The predicted molar refractivity (Wildman–Crippen MR) is 346 cm³/mol. The Morgan fingerprint density at radius 2 is 0.354 bits per heavy atom. The van der Waals surface area contributed by atoms with Crippen molar-refractivity contribution in [1.29, 1.82) is 0 Å². The van der Waals surface area contributed by atoms with E-state index >= 15 is 0 Å². The number of rotatable bonds is 5. The Morgan fingerprint density at radius 3 is 0.573 bits per heavy atom. The van der Waals surface area contributed by atoms with Gasteiger partial charge in [-0.2, -0.15) is 0 Å². The first-order valence-corrected chi connectivity index (χ1v) is 29.8. The van der Waals surface area contributed by atoms with Crippen molar-refractivity contribution in [3.05, 3.63) is 274 Å². The molecule has 5 aliphatic carbocycles. The SMILES string of the molecule is Cc1c(-c2ccc3c(c2)C(C)(C)c2ccccc2-3)c(-c2ccc3c(c2)C(C)(C)c2ccccc2-3)c(-c2ccc3c(c2)C(C)(C)c2ccccc2-3)c(-c2ccc3c(c2)C(C)(C)c2ccccc2-3)c1-c1ccc2c(c1)C(C)(C)c1ccccc1-2. The van der Waals surface area contributed by atoms with Crippen molar-refractivity contribution in [2.45, 2.75) is 103 Å². The molecule has 0 unspecified atom stereocenters. The third-order valence-electron chi connectivity index (χ3n) is 21.1. The maximum atomic E-state index is 2.60. The van der Waals surface area contributed by atoms with Crippen LogP contribution in [-0.4, -0.2) is 0 Å². The van der Waals surface area contributed by atoms with Crippen molar-refractivity contribution >= 4 is 0 Å². The highest BCUT2D eigenvalue weighted by Crippen LogP contribution is 2.61. The summed E-state index contributed by atoms with van der Waals surface area (Å²) < 4.78 is 0. The molecule has 0 aromatic heterocycles. The second-order valence-electron chi connectivity index (χ2n) is 27.2. The zero-order valence-corrected chi connectivity index (χ0v) is 49.2. The maximum absolute atomic E-state index is 2.60. The lowest BCUT2D eigenvalue weighted by molar-refractivity contribution is 0.660. The smallest absolute Gasteiger partial charge is 0.0159 e. The molecule has 0 heteroatoms. The zero-order valence-electron chi connectivity index (χ0n) is 49.2. The molecule has 0 spiro atoms. The first-order chi connectivity index (χ1) is 39.4. The average molecular weight is 1050 g/mol. The van der Waals surface area contributed by atoms with Gasteiger partial charge in [-0.25, -0.2) is 0 Å². The number of benzene rings is 11. The minimum absolute atomic E-state index is 0.194. The lowest BCUT2D eigenvalue weighted by atomic mass is 9.72. The summed E-state index contributed by atoms with van der Waals surface area (Å²) in [5.74, 6) is 0. The van der Waals surface area contributed by atoms with Gasteiger partial charge in [0.25, 0.3) is 0 Å². The molecule has 0 amide bonds. The Bertz CT molecular complexity index is 4410. The van der Waals surface area contributed by atoms with Crippen molar-refractivity contribution in [2.24, 2.45) is 0 Å². The van der Waals surface area contributed by atoms with Crippen LogP contribution in [-0.2, 0) is 27.1 Å². The third-order valence-corrected chi connectivity index (χ3v) is 21.1. The fraction of sp³-hybridized carbons (Fsp3) is 0.195. The molecule has 0 N–H and O–H groups in total. The summed E-state index contributed by atoms with van der Waals surface area (Å²) in [6.07, 6.45) is 0. The molecule has 5 aliphatic rings. The Balaban J connectivity index is 1.09. The molecule has 11 aromatic rings. The minimum atomic E-state index is -0.216. The van der Waals surface area contributed by atoms with Crippen LogP contribution in [0.15, 0.2) is 212 Å². The van der Waals surface area contributed by atoms with Crippen LogP contribution in [0.5, 0.6) is 0 Å². The van der Waals surface area contributed by atoms with E-state index in [0.29, 0.717) is 0 Å². The van der Waals surface area contributed by atoms with Crippen LogP contribution < -0.4 is 0 Å². The second kappa shape index (κ2) is 16.5. The summed E-state index contributed by atoms with van der Waals surface area (Å²) >= 11 is 0. The zero-order chi connectivity index (χ0) is 56.1. The fourth-order valence-corrected chi connectivity index (χ4v) is 16.8. The summed E-state index contributed by atoms with van der Waals surface area (Å²) in [6, 6.07) is 83.1. The first kappa shape index (κ1) is 49.3. The van der Waals surface area contributed by atoms with Crippen molar-refractivity contribution < 1.29 is 0 Å². The average Bonchev–Trinajstić information content (AvgIpc) is 2.08. The second-order valence-corrected chi connectivity index (χ2v) is 27.2. The number of hydrogen-bond acceptors (Lipinski definition) is 0. The molecule has 16 rings (SSSR count). The quantitative estimate of drug-likeness (QED) is 0.161. The van der Waals surface area contributed by atoms with E-state index in [-0.39, 0.29) is 27.1 Å². The van der Waals surface area contributed by atoms with E-state index < -0.39 is 0 Å². The molecule has 0 saturated heterocycles. The highest BCUT2D eigenvalue weighted by atomic mass is 14.5. The normalized spacial score (nSPS) is 16.5. The van der Waals surface area contributed by atoms with E-state index in [1.54, 1.807) is 0 Å². The number of hydrogen-bond donors (Lipinski definition) is 0. The van der Waals surface area contributed by atoms with Crippen molar-refractivity contribution in [3.63, 3.8) is 0 Å². The van der Waals surface area contributed by atoms with Gasteiger partial charge in [0.1, 0.15) is 0 Å². The van der Waals surface area contributed by atoms with Crippen LogP contribution in [0.25, 0.3) is 111 Å². The molecule has 396 valence electrons. The summed E-state index contributed by atoms with van der Waals surface area (Å²) in [6.45, 7) is 26.8. The van der Waals surface area contributed by atoms with Gasteiger partial charge in [0.15, 0.2) is 0 Å². The lowest BCUT2D eigenvalue weighted by Gasteiger charge is -2.30. The molecule has 82 heavy (non-hydrogen) atoms. The highest BCUT2D eigenvalue weighted by Gasteiger charge is 2.42. The van der Waals surface area contributed by atoms with Gasteiger partial charge in [0.05, 0.1) is 0 Å². The molecular weight excluding hydrogens is 985 g/mol. The highest BCUT2D eigenvalue weighted by molar-refractivity contribution is 6.11. The number of fused-ring (bicyclic) bond motifs is 15. The summed E-state index contributed by atoms with van der Waals surface area (Å²) in [4.78, 5) is 0. The van der Waals surface area contributed by atoms with Gasteiger partial charge < -0.3 is 0 Å². The predicted octanol–water partition coefficient (Wildman–Crippen LogP) is 21.9. The van der Waals surface area contributed by atoms with E-state index in [2.05, 4.69) is 288 Å². The fourth-order valence-electron chi connectivity index (χ4n) is 16.8. The molecule has 0 heterocycles. The van der Waals surface area contributed by atoms with Gasteiger partial charge in [0, 0.05) is 27.1 Å². The summed E-state index contributed by atoms with van der Waals surface area (Å²) in [5.41, 5.74) is 40.1. The van der Waals surface area contributed by atoms with E-state index in [0.717, 1.165) is 0 Å². The van der Waals surface area contributed by atoms with Gasteiger partial charge in [-0.1, -0.05) is 251 Å². The molecule has 0 atom stereocenters. The lowest BCUT2D eigenvalue weighted by Crippen LogP contribution is -2.16. The van der Waals surface area contributed by atoms with Crippen LogP contribution in [0.3, 0.4) is 0 Å². The Labute approximate surface area is 485 Å². The molecule has 11 aromatic carbocycles. The Morgan fingerprint density at radius 1 is 0.183 bits per heavy atom. The van der Waals surface area contributed by atoms with Crippen LogP contribution in [0, 0.1) is 6.92 Å². The summed E-state index contributed by atoms with van der Waals surface area (Å²) in [7, 11) is 0. The molecule has 0 aliphatic heterocycles. The van der Waals surface area contributed by atoms with Gasteiger partial charge in [-0.15, -0.1) is 0 Å². The minimum Gasteiger partial charge on any atom is -0.0619 e. The topological polar surface area (TPSA) is 0 Å². The molecule has 0 bridgehead atoms. The van der Waals surface area contributed by atoms with Crippen LogP contribution in [0.1, 0.15) is 130 Å². The van der Waals surface area contributed by atoms with E-state index in [4.69, 9.17) is 0 Å². The van der Waals surface area contributed by atoms with Gasteiger partial charge in [0.2, 0.25) is 0 Å². The van der Waals surface area contributed by atoms with Crippen LogP contribution in [0.4, 0.5) is 0 Å². The first-order valence-electron chi connectivity index (χ1n) is 29.8. The van der Waals surface area contributed by atoms with Crippen LogP contribution >= 0.6 is 0 Å². The summed E-state index contributed by atoms with van der Waals surface area (Å²) in [5, 5.41) is 0. The van der Waals surface area contributed by atoms with Gasteiger partial charge in [-0.3, -0.25) is 0 Å². The van der Waals surface area contributed by atoms with Gasteiger partial charge in [-0.05, 0) is 210 Å². The standard InChI is InChI=1S/C82H68/c1-47-73(48-32-37-58-53-22-12-17-27-63(53)78(2,3)68(58)42-48)75(50-34-39-60-55-24-14-19-29-65(55)80(6,7)70(60)44-50)77(52-36-41-62-57-26-16-21-31-67(57)82(10,11)72(62)46-52)76(51-35-40-61-56-25-15-20-30-66(56)81(8,9)71(61)45-51)74(47)49-33-38-59-54-23-13-18-28-64(54)79(4,5)69(59)43-49/h12-46H,1-11H3. The van der Waals surface area contributed by atoms with Crippen molar-refractivity contribution in [1.82, 2.24) is 0 Å². The third kappa shape index (κ3) is 6.39. The Kier molecular flexibility index (Phi) is 9.94. The van der Waals surface area contributed by atoms with Crippen molar-refractivity contribution in [3.8, 4) is 111 Å². The van der Waals surface area contributed by atoms with E-state index in [1.807, 2.05) is 0 Å². The van der Waals surface area contributed by atoms with Crippen molar-refractivity contribution in [2.75, 3.05) is 0 Å². The largest absolute Gasteiger partial charge is 0.0619 e. The molecule has 0 radical (unpaired) electrons. The van der Waals surface area contributed by atoms with Gasteiger partial charge >= 0.3 is 0 Å². The molecule has 0 nitrogen and oxygen atoms in total. The van der Waals surface area contributed by atoms with E-state index in [9.17, 15) is 0 Å². The molecule has 0 fully saturated rings. The molecule has 0 saturated carbocycles. The van der Waals surface area contributed by atoms with E-state index in [1.165, 1.54) is 172 Å². The van der Waals surface area contributed by atoms with Crippen LogP contribution in [0.2, 0.25) is 0 Å². The molecular formula is C82H68. The Hall–Kier alpha value is -8.58.